The first kappa shape index (κ1) is 19.0. The average Bonchev–Trinajstić information content (AvgIpc) is 3.32. The first-order chi connectivity index (χ1) is 10.3. The van der Waals surface area contributed by atoms with Crippen LogP contribution in [0, 0.1) is 11.3 Å². The average molecular weight is 298 g/mol. The van der Waals surface area contributed by atoms with Crippen molar-refractivity contribution in [2.45, 2.75) is 96.8 Å². The first-order valence-electron chi connectivity index (χ1n) is 9.57. The maximum absolute atomic E-state index is 9.72. The van der Waals surface area contributed by atoms with Crippen LogP contribution in [0.2, 0.25) is 0 Å². The molecule has 2 heteroatoms. The van der Waals surface area contributed by atoms with Crippen molar-refractivity contribution < 1.29 is 5.11 Å². The van der Waals surface area contributed by atoms with Gasteiger partial charge in [-0.2, -0.15) is 0 Å². The van der Waals surface area contributed by atoms with E-state index >= 15 is 0 Å². The van der Waals surface area contributed by atoms with E-state index in [2.05, 4.69) is 6.92 Å². The van der Waals surface area contributed by atoms with Gasteiger partial charge in [0.15, 0.2) is 0 Å². The van der Waals surface area contributed by atoms with E-state index in [9.17, 15) is 5.11 Å². The van der Waals surface area contributed by atoms with Crippen molar-refractivity contribution in [2.24, 2.45) is 17.1 Å². The molecule has 0 aromatic carbocycles. The van der Waals surface area contributed by atoms with E-state index in [1.807, 2.05) is 0 Å². The second kappa shape index (κ2) is 11.5. The Morgan fingerprint density at radius 3 is 1.86 bits per heavy atom. The molecule has 1 saturated carbocycles. The summed E-state index contributed by atoms with van der Waals surface area (Å²) in [7, 11) is 0. The van der Waals surface area contributed by atoms with Crippen molar-refractivity contribution in [3.63, 3.8) is 0 Å². The number of unbranched alkanes of at least 4 members (excludes halogenated alkanes) is 9. The number of rotatable bonds is 15. The third-order valence-electron chi connectivity index (χ3n) is 5.25. The molecule has 0 aromatic heterocycles. The van der Waals surface area contributed by atoms with E-state index in [-0.39, 0.29) is 12.0 Å². The molecule has 0 amide bonds. The lowest BCUT2D eigenvalue weighted by molar-refractivity contribution is 0.103. The molecule has 1 rings (SSSR count). The zero-order valence-electron chi connectivity index (χ0n) is 14.4. The third-order valence-corrected chi connectivity index (χ3v) is 5.25. The highest BCUT2D eigenvalue weighted by Gasteiger charge is 2.35. The molecule has 126 valence electrons. The highest BCUT2D eigenvalue weighted by Crippen LogP contribution is 2.42. The molecule has 0 spiro atoms. The quantitative estimate of drug-likeness (QED) is 0.416. The van der Waals surface area contributed by atoms with Crippen LogP contribution in [0.5, 0.6) is 0 Å². The largest absolute Gasteiger partial charge is 0.396 e. The smallest absolute Gasteiger partial charge is 0.0499 e. The summed E-state index contributed by atoms with van der Waals surface area (Å²) in [5.41, 5.74) is 6.00. The topological polar surface area (TPSA) is 46.2 Å². The van der Waals surface area contributed by atoms with Crippen LogP contribution in [0.3, 0.4) is 0 Å². The highest BCUT2D eigenvalue weighted by molar-refractivity contribution is 4.87. The third kappa shape index (κ3) is 8.83. The number of hydrogen-bond donors (Lipinski definition) is 2. The molecule has 0 aliphatic heterocycles. The van der Waals surface area contributed by atoms with Gasteiger partial charge in [0.05, 0.1) is 0 Å². The van der Waals surface area contributed by atoms with Crippen LogP contribution in [0.25, 0.3) is 0 Å². The molecule has 0 bridgehead atoms. The Morgan fingerprint density at radius 1 is 0.905 bits per heavy atom. The van der Waals surface area contributed by atoms with Gasteiger partial charge in [0.2, 0.25) is 0 Å². The fourth-order valence-electron chi connectivity index (χ4n) is 3.42. The van der Waals surface area contributed by atoms with Crippen LogP contribution in [-0.4, -0.2) is 18.3 Å². The Balaban J connectivity index is 1.96. The zero-order valence-corrected chi connectivity index (χ0v) is 14.4. The Bertz CT molecular complexity index is 234. The number of nitrogens with two attached hydrogens (primary N) is 1. The Labute approximate surface area is 132 Å². The molecular formula is C19H39NO. The van der Waals surface area contributed by atoms with E-state index in [1.165, 1.54) is 77.0 Å². The molecule has 3 N–H and O–H groups in total. The molecule has 0 aromatic rings. The minimum atomic E-state index is 0.0430. The lowest BCUT2D eigenvalue weighted by Crippen LogP contribution is -2.34. The Morgan fingerprint density at radius 2 is 1.43 bits per heavy atom. The molecular weight excluding hydrogens is 258 g/mol. The Hall–Kier alpha value is -0.0800. The van der Waals surface area contributed by atoms with Crippen LogP contribution >= 0.6 is 0 Å². The summed E-state index contributed by atoms with van der Waals surface area (Å²) >= 11 is 0. The van der Waals surface area contributed by atoms with Crippen molar-refractivity contribution in [3.8, 4) is 0 Å². The molecule has 0 saturated heterocycles. The fraction of sp³-hybridized carbons (Fsp3) is 1.00. The predicted molar refractivity (Wildman–Crippen MR) is 92.4 cm³/mol. The lowest BCUT2D eigenvalue weighted by atomic mass is 9.78. The summed E-state index contributed by atoms with van der Waals surface area (Å²) in [6.07, 6.45) is 18.8. The number of aliphatic hydroxyl groups is 1. The van der Waals surface area contributed by atoms with Crippen molar-refractivity contribution in [1.29, 1.82) is 0 Å². The monoisotopic (exact) mass is 297 g/mol. The van der Waals surface area contributed by atoms with Gasteiger partial charge in [0.1, 0.15) is 0 Å². The van der Waals surface area contributed by atoms with Crippen molar-refractivity contribution >= 4 is 0 Å². The summed E-state index contributed by atoms with van der Waals surface area (Å²) in [5.74, 6) is 0.865. The van der Waals surface area contributed by atoms with Gasteiger partial charge in [-0.15, -0.1) is 0 Å². The van der Waals surface area contributed by atoms with E-state index in [0.29, 0.717) is 6.54 Å². The van der Waals surface area contributed by atoms with Gasteiger partial charge < -0.3 is 10.8 Å². The van der Waals surface area contributed by atoms with Gasteiger partial charge in [-0.3, -0.25) is 0 Å². The van der Waals surface area contributed by atoms with E-state index in [1.54, 1.807) is 0 Å². The minimum Gasteiger partial charge on any atom is -0.396 e. The molecule has 1 aliphatic rings. The molecule has 2 nitrogen and oxygen atoms in total. The van der Waals surface area contributed by atoms with Gasteiger partial charge in [-0.25, -0.2) is 0 Å². The molecule has 1 fully saturated rings. The zero-order chi connectivity index (χ0) is 15.4. The molecule has 0 radical (unpaired) electrons. The van der Waals surface area contributed by atoms with Gasteiger partial charge >= 0.3 is 0 Å². The summed E-state index contributed by atoms with van der Waals surface area (Å²) in [6.45, 7) is 3.23. The molecule has 1 atom stereocenters. The van der Waals surface area contributed by atoms with Crippen LogP contribution in [-0.2, 0) is 0 Å². The minimum absolute atomic E-state index is 0.0430. The molecule has 1 unspecified atom stereocenters. The standard InChI is InChI=1S/C19H39NO/c1-2-3-4-5-6-7-8-9-10-11-14-19(16-20,17-21)15-18-12-13-18/h18,21H,2-17,20H2,1H3. The molecule has 21 heavy (non-hydrogen) atoms. The van der Waals surface area contributed by atoms with Crippen LogP contribution < -0.4 is 5.73 Å². The summed E-state index contributed by atoms with van der Waals surface area (Å²) in [4.78, 5) is 0. The summed E-state index contributed by atoms with van der Waals surface area (Å²) in [6, 6.07) is 0. The number of hydrogen-bond acceptors (Lipinski definition) is 2. The highest BCUT2D eigenvalue weighted by atomic mass is 16.3. The maximum Gasteiger partial charge on any atom is 0.0499 e. The van der Waals surface area contributed by atoms with Gasteiger partial charge in [-0.1, -0.05) is 84.0 Å². The van der Waals surface area contributed by atoms with Crippen molar-refractivity contribution in [2.75, 3.05) is 13.2 Å². The summed E-state index contributed by atoms with van der Waals surface area (Å²) < 4.78 is 0. The SMILES string of the molecule is CCCCCCCCCCCCC(CN)(CO)CC1CC1. The van der Waals surface area contributed by atoms with Crippen LogP contribution in [0.4, 0.5) is 0 Å². The predicted octanol–water partition coefficient (Wildman–Crippen LogP) is 5.03. The maximum atomic E-state index is 9.72. The fourth-order valence-corrected chi connectivity index (χ4v) is 3.42. The lowest BCUT2D eigenvalue weighted by Gasteiger charge is -2.30. The van der Waals surface area contributed by atoms with Crippen LogP contribution in [0.15, 0.2) is 0 Å². The summed E-state index contributed by atoms with van der Waals surface area (Å²) in [5, 5.41) is 9.72. The first-order valence-corrected chi connectivity index (χ1v) is 9.57. The normalized spacial score (nSPS) is 17.9. The second-order valence-electron chi connectivity index (χ2n) is 7.44. The van der Waals surface area contributed by atoms with E-state index < -0.39 is 0 Å². The molecule has 1 aliphatic carbocycles. The van der Waals surface area contributed by atoms with Crippen molar-refractivity contribution in [3.05, 3.63) is 0 Å². The van der Waals surface area contributed by atoms with Gasteiger partial charge in [0, 0.05) is 18.6 Å². The Kier molecular flexibility index (Phi) is 10.4. The van der Waals surface area contributed by atoms with Gasteiger partial charge in [0.25, 0.3) is 0 Å². The van der Waals surface area contributed by atoms with E-state index in [4.69, 9.17) is 5.73 Å². The van der Waals surface area contributed by atoms with Crippen molar-refractivity contribution in [1.82, 2.24) is 0 Å². The number of aliphatic hydroxyl groups excluding tert-OH is 1. The van der Waals surface area contributed by atoms with Gasteiger partial charge in [-0.05, 0) is 18.8 Å². The second-order valence-corrected chi connectivity index (χ2v) is 7.44. The van der Waals surface area contributed by atoms with Crippen LogP contribution in [0.1, 0.15) is 96.8 Å². The molecule has 0 heterocycles. The van der Waals surface area contributed by atoms with E-state index in [0.717, 1.165) is 18.8 Å².